The number of carboxylic acid groups (broad SMARTS) is 1. The molecule has 0 unspecified atom stereocenters. The Morgan fingerprint density at radius 3 is 2.89 bits per heavy atom. The highest BCUT2D eigenvalue weighted by molar-refractivity contribution is 7.98. The molecule has 0 aliphatic carbocycles. The molecule has 1 aromatic rings. The molecule has 0 aromatic carbocycles. The van der Waals surface area contributed by atoms with E-state index >= 15 is 0 Å². The maximum atomic E-state index is 11.6. The van der Waals surface area contributed by atoms with Crippen molar-refractivity contribution in [2.24, 2.45) is 0 Å². The van der Waals surface area contributed by atoms with Gasteiger partial charge in [0.15, 0.2) is 0 Å². The predicted molar refractivity (Wildman–Crippen MR) is 74.0 cm³/mol. The molecular formula is C12H17N3O3S. The first-order valence-corrected chi connectivity index (χ1v) is 7.18. The summed E-state index contributed by atoms with van der Waals surface area (Å²) in [6.45, 7) is 0.314. The Hall–Kier alpha value is -1.76. The fourth-order valence-electron chi connectivity index (χ4n) is 1.39. The van der Waals surface area contributed by atoms with Crippen molar-refractivity contribution in [3.05, 3.63) is 30.1 Å². The van der Waals surface area contributed by atoms with E-state index in [9.17, 15) is 9.59 Å². The van der Waals surface area contributed by atoms with Crippen LogP contribution in [-0.4, -0.2) is 40.1 Å². The van der Waals surface area contributed by atoms with Crippen molar-refractivity contribution >= 4 is 23.8 Å². The Labute approximate surface area is 116 Å². The number of urea groups is 1. The molecular weight excluding hydrogens is 266 g/mol. The van der Waals surface area contributed by atoms with Crippen molar-refractivity contribution in [3.63, 3.8) is 0 Å². The van der Waals surface area contributed by atoms with Gasteiger partial charge >= 0.3 is 12.0 Å². The van der Waals surface area contributed by atoms with Gasteiger partial charge in [-0.2, -0.15) is 11.8 Å². The van der Waals surface area contributed by atoms with Crippen LogP contribution in [0.1, 0.15) is 12.0 Å². The van der Waals surface area contributed by atoms with Gasteiger partial charge in [-0.25, -0.2) is 9.59 Å². The predicted octanol–water partition coefficient (Wildman–Crippen LogP) is 1.09. The second-order valence-electron chi connectivity index (χ2n) is 3.86. The molecule has 0 radical (unpaired) electrons. The second kappa shape index (κ2) is 8.36. The topological polar surface area (TPSA) is 91.3 Å². The van der Waals surface area contributed by atoms with E-state index in [1.807, 2.05) is 12.3 Å². The van der Waals surface area contributed by atoms with Crippen LogP contribution in [-0.2, 0) is 11.3 Å². The summed E-state index contributed by atoms with van der Waals surface area (Å²) in [4.78, 5) is 26.5. The van der Waals surface area contributed by atoms with Gasteiger partial charge in [-0.3, -0.25) is 4.98 Å². The Morgan fingerprint density at radius 1 is 1.53 bits per heavy atom. The van der Waals surface area contributed by atoms with Gasteiger partial charge in [-0.1, -0.05) is 6.07 Å². The Kier molecular flexibility index (Phi) is 6.73. The fourth-order valence-corrected chi connectivity index (χ4v) is 1.86. The van der Waals surface area contributed by atoms with Crippen molar-refractivity contribution in [2.75, 3.05) is 12.0 Å². The lowest BCUT2D eigenvalue weighted by molar-refractivity contribution is -0.139. The van der Waals surface area contributed by atoms with Crippen LogP contribution in [0, 0.1) is 0 Å². The highest BCUT2D eigenvalue weighted by Gasteiger charge is 2.18. The molecule has 6 nitrogen and oxygen atoms in total. The number of aromatic nitrogens is 1. The normalized spacial score (nSPS) is 11.6. The highest BCUT2D eigenvalue weighted by atomic mass is 32.2. The first-order valence-electron chi connectivity index (χ1n) is 5.78. The van der Waals surface area contributed by atoms with Crippen molar-refractivity contribution < 1.29 is 14.7 Å². The number of carboxylic acids is 1. The smallest absolute Gasteiger partial charge is 0.326 e. The maximum Gasteiger partial charge on any atom is 0.326 e. The van der Waals surface area contributed by atoms with E-state index < -0.39 is 18.0 Å². The minimum Gasteiger partial charge on any atom is -0.480 e. The molecule has 104 valence electrons. The van der Waals surface area contributed by atoms with Crippen LogP contribution in [0.2, 0.25) is 0 Å². The zero-order valence-electron chi connectivity index (χ0n) is 10.6. The number of amides is 2. The first-order chi connectivity index (χ1) is 9.13. The molecule has 0 fully saturated rings. The minimum absolute atomic E-state index is 0.314. The third kappa shape index (κ3) is 6.10. The SMILES string of the molecule is CSCC[C@H](NC(=O)NCc1cccnc1)C(=O)O. The van der Waals surface area contributed by atoms with E-state index in [-0.39, 0.29) is 0 Å². The van der Waals surface area contributed by atoms with Gasteiger partial charge in [0, 0.05) is 18.9 Å². The number of carbonyl (C=O) groups excluding carboxylic acids is 1. The minimum atomic E-state index is -1.02. The molecule has 1 atom stereocenters. The summed E-state index contributed by atoms with van der Waals surface area (Å²) >= 11 is 1.54. The van der Waals surface area contributed by atoms with E-state index in [0.717, 1.165) is 5.56 Å². The summed E-state index contributed by atoms with van der Waals surface area (Å²) in [5.74, 6) is -0.342. The van der Waals surface area contributed by atoms with Crippen molar-refractivity contribution in [1.82, 2.24) is 15.6 Å². The molecule has 0 aliphatic heterocycles. The summed E-state index contributed by atoms with van der Waals surface area (Å²) in [7, 11) is 0. The highest BCUT2D eigenvalue weighted by Crippen LogP contribution is 2.01. The van der Waals surface area contributed by atoms with Crippen LogP contribution in [0.3, 0.4) is 0 Å². The van der Waals surface area contributed by atoms with Crippen LogP contribution in [0.25, 0.3) is 0 Å². The number of carbonyl (C=O) groups is 2. The molecule has 7 heteroatoms. The van der Waals surface area contributed by atoms with Crippen molar-refractivity contribution in [3.8, 4) is 0 Å². The lowest BCUT2D eigenvalue weighted by atomic mass is 10.2. The van der Waals surface area contributed by atoms with E-state index in [2.05, 4.69) is 15.6 Å². The van der Waals surface area contributed by atoms with Gasteiger partial charge in [0.2, 0.25) is 0 Å². The van der Waals surface area contributed by atoms with Crippen LogP contribution in [0.15, 0.2) is 24.5 Å². The fraction of sp³-hybridized carbons (Fsp3) is 0.417. The van der Waals surface area contributed by atoms with Crippen molar-refractivity contribution in [2.45, 2.75) is 19.0 Å². The van der Waals surface area contributed by atoms with Crippen LogP contribution in [0.4, 0.5) is 4.79 Å². The zero-order valence-corrected chi connectivity index (χ0v) is 11.4. The molecule has 0 spiro atoms. The van der Waals surface area contributed by atoms with Gasteiger partial charge < -0.3 is 15.7 Å². The molecule has 1 rings (SSSR count). The number of hydrogen-bond acceptors (Lipinski definition) is 4. The Morgan fingerprint density at radius 2 is 2.32 bits per heavy atom. The number of hydrogen-bond donors (Lipinski definition) is 3. The number of pyridine rings is 1. The van der Waals surface area contributed by atoms with E-state index in [1.54, 1.807) is 30.2 Å². The van der Waals surface area contributed by atoms with Gasteiger partial charge in [0.05, 0.1) is 0 Å². The Bertz CT molecular complexity index is 414. The monoisotopic (exact) mass is 283 g/mol. The second-order valence-corrected chi connectivity index (χ2v) is 4.85. The molecule has 19 heavy (non-hydrogen) atoms. The lowest BCUT2D eigenvalue weighted by Gasteiger charge is -2.14. The summed E-state index contributed by atoms with van der Waals surface area (Å²) in [5.41, 5.74) is 0.855. The molecule has 0 bridgehead atoms. The summed E-state index contributed by atoms with van der Waals surface area (Å²) in [5, 5.41) is 14.0. The zero-order chi connectivity index (χ0) is 14.1. The average Bonchev–Trinajstić information content (AvgIpc) is 2.42. The first kappa shape index (κ1) is 15.3. The summed E-state index contributed by atoms with van der Waals surface area (Å²) < 4.78 is 0. The molecule has 1 aromatic heterocycles. The molecule has 0 aliphatic rings. The number of aliphatic carboxylic acids is 1. The molecule has 0 saturated carbocycles. The third-order valence-corrected chi connectivity index (χ3v) is 3.03. The lowest BCUT2D eigenvalue weighted by Crippen LogP contribution is -2.46. The number of nitrogens with one attached hydrogen (secondary N) is 2. The molecule has 1 heterocycles. The molecule has 2 amide bonds. The maximum absolute atomic E-state index is 11.6. The average molecular weight is 283 g/mol. The van der Waals surface area contributed by atoms with E-state index in [4.69, 9.17) is 5.11 Å². The van der Waals surface area contributed by atoms with Gasteiger partial charge in [0.1, 0.15) is 6.04 Å². The molecule has 3 N–H and O–H groups in total. The van der Waals surface area contributed by atoms with Gasteiger partial charge in [-0.05, 0) is 30.1 Å². The van der Waals surface area contributed by atoms with Gasteiger partial charge in [0.25, 0.3) is 0 Å². The Balaban J connectivity index is 2.38. The quantitative estimate of drug-likeness (QED) is 0.696. The van der Waals surface area contributed by atoms with E-state index in [1.165, 1.54) is 0 Å². The van der Waals surface area contributed by atoms with Gasteiger partial charge in [-0.15, -0.1) is 0 Å². The standard InChI is InChI=1S/C12H17N3O3S/c1-19-6-4-10(11(16)17)15-12(18)14-8-9-3-2-5-13-7-9/h2-3,5,7,10H,4,6,8H2,1H3,(H,16,17)(H2,14,15,18)/t10-/m0/s1. The number of nitrogens with zero attached hydrogens (tertiary/aromatic N) is 1. The number of thioether (sulfide) groups is 1. The molecule has 0 saturated heterocycles. The van der Waals surface area contributed by atoms with Crippen LogP contribution in [0.5, 0.6) is 0 Å². The van der Waals surface area contributed by atoms with Crippen LogP contribution >= 0.6 is 11.8 Å². The third-order valence-electron chi connectivity index (χ3n) is 2.39. The van der Waals surface area contributed by atoms with E-state index in [0.29, 0.717) is 18.7 Å². The number of rotatable bonds is 7. The summed E-state index contributed by atoms with van der Waals surface area (Å²) in [6, 6.07) is 2.25. The van der Waals surface area contributed by atoms with Crippen molar-refractivity contribution in [1.29, 1.82) is 0 Å². The van der Waals surface area contributed by atoms with Crippen LogP contribution < -0.4 is 10.6 Å². The largest absolute Gasteiger partial charge is 0.480 e. The summed E-state index contributed by atoms with van der Waals surface area (Å²) in [6.07, 6.45) is 5.58.